The molecule has 0 aromatic heterocycles. The van der Waals surface area contributed by atoms with E-state index in [9.17, 15) is 18.9 Å². The Morgan fingerprint density at radius 3 is 2.32 bits per heavy atom. The fourth-order valence-electron chi connectivity index (χ4n) is 2.81. The van der Waals surface area contributed by atoms with Crippen molar-refractivity contribution < 1.29 is 37.0 Å². The lowest BCUT2D eigenvalue weighted by atomic mass is 10.1. The van der Waals surface area contributed by atoms with Crippen LogP contribution in [0.3, 0.4) is 0 Å². The molecule has 0 aromatic carbocycles. The topological polar surface area (TPSA) is 112 Å². The largest absolute Gasteiger partial charge is 0.481 e. The predicted octanol–water partition coefficient (Wildman–Crippen LogP) is 2.85. The van der Waals surface area contributed by atoms with E-state index in [2.05, 4.69) is 15.8 Å². The molecule has 0 amide bonds. The molecular formula is C12H24O8P2. The highest BCUT2D eigenvalue weighted by Gasteiger charge is 2.37. The summed E-state index contributed by atoms with van der Waals surface area (Å²) < 4.78 is 42.4. The molecule has 1 saturated heterocycles. The van der Waals surface area contributed by atoms with Crippen LogP contribution in [0.25, 0.3) is 0 Å². The Balaban J connectivity index is 1.73. The molecule has 10 heteroatoms. The highest BCUT2D eigenvalue weighted by atomic mass is 31.3. The molecule has 8 nitrogen and oxygen atoms in total. The summed E-state index contributed by atoms with van der Waals surface area (Å²) >= 11 is 0. The molecule has 0 bridgehead atoms. The van der Waals surface area contributed by atoms with E-state index in [0.29, 0.717) is 18.9 Å². The second-order valence-electron chi connectivity index (χ2n) is 6.03. The van der Waals surface area contributed by atoms with Gasteiger partial charge in [0.25, 0.3) is 0 Å². The van der Waals surface area contributed by atoms with Crippen LogP contribution in [-0.4, -0.2) is 35.7 Å². The van der Waals surface area contributed by atoms with Crippen molar-refractivity contribution >= 4 is 15.6 Å². The van der Waals surface area contributed by atoms with Crippen LogP contribution in [0, 0.1) is 11.8 Å². The zero-order valence-corrected chi connectivity index (χ0v) is 14.4. The molecule has 2 aliphatic rings. The van der Waals surface area contributed by atoms with Gasteiger partial charge in [0, 0.05) is 6.61 Å². The molecule has 5 unspecified atom stereocenters. The Labute approximate surface area is 130 Å². The molecule has 2 fully saturated rings. The Kier molecular flexibility index (Phi) is 6.63. The normalized spacial score (nSPS) is 34.4. The molecule has 1 saturated carbocycles. The minimum atomic E-state index is -4.66. The van der Waals surface area contributed by atoms with E-state index in [1.54, 1.807) is 0 Å². The van der Waals surface area contributed by atoms with Gasteiger partial charge in [-0.25, -0.2) is 9.13 Å². The van der Waals surface area contributed by atoms with Crippen molar-refractivity contribution in [2.24, 2.45) is 11.8 Å². The van der Waals surface area contributed by atoms with Gasteiger partial charge in [0.05, 0.1) is 19.3 Å². The standard InChI is InChI=1S/C12H24O8P2/c1-10-4-5-11(7-10)8-18-21(13,14)20-22(15,16)19-9-12-3-2-6-17-12/h10-12H,2-9H2,1H3,(H,13,14)(H,15,16). The monoisotopic (exact) mass is 358 g/mol. The van der Waals surface area contributed by atoms with Crippen molar-refractivity contribution in [2.45, 2.75) is 45.1 Å². The first-order chi connectivity index (χ1) is 10.3. The smallest absolute Gasteiger partial charge is 0.376 e. The van der Waals surface area contributed by atoms with Gasteiger partial charge >= 0.3 is 15.6 Å². The molecule has 0 aromatic rings. The van der Waals surface area contributed by atoms with Gasteiger partial charge < -0.3 is 14.5 Å². The first-order valence-corrected chi connectivity index (χ1v) is 10.5. The lowest BCUT2D eigenvalue weighted by molar-refractivity contribution is 0.0527. The average molecular weight is 358 g/mol. The van der Waals surface area contributed by atoms with Gasteiger partial charge in [-0.1, -0.05) is 13.3 Å². The van der Waals surface area contributed by atoms with Gasteiger partial charge in [-0.15, -0.1) is 0 Å². The third kappa shape index (κ3) is 6.38. The second kappa shape index (κ2) is 7.86. The molecule has 2 N–H and O–H groups in total. The molecule has 1 heterocycles. The highest BCUT2D eigenvalue weighted by molar-refractivity contribution is 7.61. The number of phosphoric acid groups is 2. The van der Waals surface area contributed by atoms with Crippen LogP contribution >= 0.6 is 15.6 Å². The van der Waals surface area contributed by atoms with Crippen molar-refractivity contribution in [3.05, 3.63) is 0 Å². The van der Waals surface area contributed by atoms with Crippen LogP contribution in [0.15, 0.2) is 0 Å². The summed E-state index contributed by atoms with van der Waals surface area (Å²) in [5.74, 6) is 0.733. The summed E-state index contributed by atoms with van der Waals surface area (Å²) in [4.78, 5) is 19.0. The number of hydrogen-bond acceptors (Lipinski definition) is 6. The Morgan fingerprint density at radius 1 is 1.09 bits per heavy atom. The SMILES string of the molecule is CC1CCC(COP(=O)(O)OP(=O)(O)OCC2CCCO2)C1. The number of phosphoric ester groups is 2. The molecule has 0 radical (unpaired) electrons. The maximum Gasteiger partial charge on any atom is 0.481 e. The Bertz CT molecular complexity index is 450. The van der Waals surface area contributed by atoms with Crippen LogP contribution in [0.4, 0.5) is 0 Å². The average Bonchev–Trinajstić information content (AvgIpc) is 3.04. The summed E-state index contributed by atoms with van der Waals surface area (Å²) in [5, 5.41) is 0. The summed E-state index contributed by atoms with van der Waals surface area (Å²) in [6.07, 6.45) is 4.15. The van der Waals surface area contributed by atoms with Crippen LogP contribution in [0.5, 0.6) is 0 Å². The van der Waals surface area contributed by atoms with Gasteiger partial charge in [0.1, 0.15) is 0 Å². The molecule has 130 valence electrons. The summed E-state index contributed by atoms with van der Waals surface area (Å²) in [5.41, 5.74) is 0. The molecular weight excluding hydrogens is 334 g/mol. The van der Waals surface area contributed by atoms with Crippen LogP contribution in [0.1, 0.15) is 39.0 Å². The molecule has 2 rings (SSSR count). The first kappa shape index (κ1) is 18.6. The van der Waals surface area contributed by atoms with Gasteiger partial charge in [0.2, 0.25) is 0 Å². The van der Waals surface area contributed by atoms with Gasteiger partial charge in [-0.3, -0.25) is 9.05 Å². The summed E-state index contributed by atoms with van der Waals surface area (Å²) in [6.45, 7) is 2.56. The van der Waals surface area contributed by atoms with Crippen molar-refractivity contribution in [1.29, 1.82) is 0 Å². The Morgan fingerprint density at radius 2 is 1.77 bits per heavy atom. The summed E-state index contributed by atoms with van der Waals surface area (Å²) in [7, 11) is -9.28. The van der Waals surface area contributed by atoms with Crippen molar-refractivity contribution in [1.82, 2.24) is 0 Å². The van der Waals surface area contributed by atoms with Crippen LogP contribution in [-0.2, 0) is 27.2 Å². The lowest BCUT2D eigenvalue weighted by Crippen LogP contribution is -2.13. The highest BCUT2D eigenvalue weighted by Crippen LogP contribution is 2.60. The third-order valence-electron chi connectivity index (χ3n) is 3.93. The second-order valence-corrected chi connectivity index (χ2v) is 9.07. The minimum Gasteiger partial charge on any atom is -0.376 e. The minimum absolute atomic E-state index is 0.0316. The number of ether oxygens (including phenoxy) is 1. The van der Waals surface area contributed by atoms with Crippen molar-refractivity contribution in [3.8, 4) is 0 Å². The number of rotatable bonds is 8. The first-order valence-electron chi connectivity index (χ1n) is 7.53. The van der Waals surface area contributed by atoms with E-state index in [-0.39, 0.29) is 25.2 Å². The van der Waals surface area contributed by atoms with E-state index in [1.807, 2.05) is 0 Å². The van der Waals surface area contributed by atoms with Crippen LogP contribution in [0.2, 0.25) is 0 Å². The van der Waals surface area contributed by atoms with E-state index >= 15 is 0 Å². The van der Waals surface area contributed by atoms with E-state index < -0.39 is 15.6 Å². The van der Waals surface area contributed by atoms with Gasteiger partial charge in [-0.2, -0.15) is 4.31 Å². The molecule has 1 aliphatic heterocycles. The fourth-order valence-corrected chi connectivity index (χ4v) is 4.98. The maximum atomic E-state index is 11.7. The third-order valence-corrected chi connectivity index (χ3v) is 6.53. The Hall–Kier alpha value is 0.220. The zero-order chi connectivity index (χ0) is 16.2. The number of hydrogen-bond donors (Lipinski definition) is 2. The predicted molar refractivity (Wildman–Crippen MR) is 78.1 cm³/mol. The quantitative estimate of drug-likeness (QED) is 0.637. The fraction of sp³-hybridized carbons (Fsp3) is 1.00. The van der Waals surface area contributed by atoms with E-state index in [4.69, 9.17) is 9.26 Å². The zero-order valence-electron chi connectivity index (χ0n) is 12.6. The maximum absolute atomic E-state index is 11.7. The lowest BCUT2D eigenvalue weighted by Gasteiger charge is -2.18. The van der Waals surface area contributed by atoms with E-state index in [0.717, 1.165) is 25.7 Å². The van der Waals surface area contributed by atoms with E-state index in [1.165, 1.54) is 0 Å². The van der Waals surface area contributed by atoms with Gasteiger partial charge in [-0.05, 0) is 37.5 Å². The van der Waals surface area contributed by atoms with Crippen molar-refractivity contribution in [2.75, 3.05) is 19.8 Å². The van der Waals surface area contributed by atoms with Crippen LogP contribution < -0.4 is 0 Å². The molecule has 0 spiro atoms. The van der Waals surface area contributed by atoms with Gasteiger partial charge in [0.15, 0.2) is 0 Å². The molecule has 5 atom stereocenters. The summed E-state index contributed by atoms with van der Waals surface area (Å²) in [6, 6.07) is 0. The molecule has 22 heavy (non-hydrogen) atoms. The molecule has 1 aliphatic carbocycles. The van der Waals surface area contributed by atoms with Crippen molar-refractivity contribution in [3.63, 3.8) is 0 Å².